The predicted molar refractivity (Wildman–Crippen MR) is 65.1 cm³/mol. The summed E-state index contributed by atoms with van der Waals surface area (Å²) in [5.41, 5.74) is 1.23. The van der Waals surface area contributed by atoms with Crippen molar-refractivity contribution >= 4 is 5.97 Å². The molecular formula is C13H19NO2. The van der Waals surface area contributed by atoms with Gasteiger partial charge in [0.1, 0.15) is 0 Å². The van der Waals surface area contributed by atoms with E-state index in [-0.39, 0.29) is 12.0 Å². The van der Waals surface area contributed by atoms with Gasteiger partial charge >= 0.3 is 5.97 Å². The molecule has 0 fully saturated rings. The molecule has 0 amide bonds. The smallest absolute Gasteiger partial charge is 0.306 e. The second-order valence-corrected chi connectivity index (χ2v) is 3.68. The third kappa shape index (κ3) is 4.03. The molecule has 3 nitrogen and oxygen atoms in total. The Kier molecular flexibility index (Phi) is 5.57. The number of methoxy groups -OCH3 is 1. The van der Waals surface area contributed by atoms with Gasteiger partial charge in [-0.15, -0.1) is 6.58 Å². The topological polar surface area (TPSA) is 38.3 Å². The Bertz CT molecular complexity index is 305. The Morgan fingerprint density at radius 1 is 1.69 bits per heavy atom. The maximum Gasteiger partial charge on any atom is 0.306 e. The van der Waals surface area contributed by atoms with E-state index in [1.165, 1.54) is 12.7 Å². The molecule has 3 heteroatoms. The van der Waals surface area contributed by atoms with Gasteiger partial charge in [0, 0.05) is 6.54 Å². The molecule has 1 aliphatic carbocycles. The van der Waals surface area contributed by atoms with Crippen LogP contribution in [0.5, 0.6) is 0 Å². The number of carbonyl (C=O) groups excluding carboxylic acids is 1. The van der Waals surface area contributed by atoms with Gasteiger partial charge in [-0.05, 0) is 18.4 Å². The highest BCUT2D eigenvalue weighted by Crippen LogP contribution is 2.14. The van der Waals surface area contributed by atoms with E-state index in [2.05, 4.69) is 34.9 Å². The standard InChI is InChI=1S/C13H19NO2/c1-3-12(11-7-5-4-6-8-11)14-10-9-13(15)16-2/h3,5,7-8,12,14H,1,4,6,9-10H2,2H3. The van der Waals surface area contributed by atoms with E-state index >= 15 is 0 Å². The van der Waals surface area contributed by atoms with E-state index in [0.717, 1.165) is 12.8 Å². The number of hydrogen-bond donors (Lipinski definition) is 1. The summed E-state index contributed by atoms with van der Waals surface area (Å²) in [5, 5.41) is 3.27. The summed E-state index contributed by atoms with van der Waals surface area (Å²) >= 11 is 0. The van der Waals surface area contributed by atoms with Gasteiger partial charge in [0.15, 0.2) is 0 Å². The zero-order valence-corrected chi connectivity index (χ0v) is 9.74. The predicted octanol–water partition coefficient (Wildman–Crippen LogP) is 1.97. The fraction of sp³-hybridized carbons (Fsp3) is 0.462. The quantitative estimate of drug-likeness (QED) is 0.550. The van der Waals surface area contributed by atoms with Crippen LogP contribution in [-0.2, 0) is 9.53 Å². The van der Waals surface area contributed by atoms with E-state index in [1.807, 2.05) is 6.08 Å². The Morgan fingerprint density at radius 2 is 2.50 bits per heavy atom. The highest BCUT2D eigenvalue weighted by molar-refractivity contribution is 5.69. The van der Waals surface area contributed by atoms with Crippen LogP contribution in [0.1, 0.15) is 19.3 Å². The molecule has 0 aromatic heterocycles. The van der Waals surface area contributed by atoms with Gasteiger partial charge in [0.05, 0.1) is 19.6 Å². The summed E-state index contributed by atoms with van der Waals surface area (Å²) in [6, 6.07) is 0.126. The Hall–Kier alpha value is -1.35. The molecule has 1 N–H and O–H groups in total. The van der Waals surface area contributed by atoms with Crippen molar-refractivity contribution in [1.82, 2.24) is 5.32 Å². The van der Waals surface area contributed by atoms with Gasteiger partial charge in [-0.2, -0.15) is 0 Å². The van der Waals surface area contributed by atoms with Crippen molar-refractivity contribution in [3.8, 4) is 0 Å². The highest BCUT2D eigenvalue weighted by Gasteiger charge is 2.09. The molecule has 0 aliphatic heterocycles. The Balaban J connectivity index is 2.37. The zero-order valence-electron chi connectivity index (χ0n) is 9.74. The van der Waals surface area contributed by atoms with Crippen molar-refractivity contribution in [3.05, 3.63) is 36.5 Å². The lowest BCUT2D eigenvalue weighted by Crippen LogP contribution is -2.31. The summed E-state index contributed by atoms with van der Waals surface area (Å²) in [7, 11) is 1.40. The first kappa shape index (κ1) is 12.7. The SMILES string of the molecule is C=CC(NCCC(=O)OC)C1=CCCC=C1. The maximum atomic E-state index is 10.9. The van der Waals surface area contributed by atoms with Crippen LogP contribution in [0.4, 0.5) is 0 Å². The molecule has 0 bridgehead atoms. The van der Waals surface area contributed by atoms with E-state index < -0.39 is 0 Å². The van der Waals surface area contributed by atoms with E-state index in [0.29, 0.717) is 13.0 Å². The summed E-state index contributed by atoms with van der Waals surface area (Å²) in [6.07, 6.45) is 10.9. The number of hydrogen-bond acceptors (Lipinski definition) is 3. The molecule has 0 saturated carbocycles. The average molecular weight is 221 g/mol. The van der Waals surface area contributed by atoms with Crippen molar-refractivity contribution in [3.63, 3.8) is 0 Å². The monoisotopic (exact) mass is 221 g/mol. The molecule has 1 atom stereocenters. The normalized spacial score (nSPS) is 16.4. The maximum absolute atomic E-state index is 10.9. The van der Waals surface area contributed by atoms with Crippen LogP contribution in [0.25, 0.3) is 0 Å². The molecule has 1 rings (SSSR count). The lowest BCUT2D eigenvalue weighted by atomic mass is 10.00. The largest absolute Gasteiger partial charge is 0.469 e. The van der Waals surface area contributed by atoms with Crippen LogP contribution >= 0.6 is 0 Å². The molecule has 0 heterocycles. The van der Waals surface area contributed by atoms with E-state index in [9.17, 15) is 4.79 Å². The van der Waals surface area contributed by atoms with E-state index in [4.69, 9.17) is 0 Å². The van der Waals surface area contributed by atoms with E-state index in [1.54, 1.807) is 0 Å². The van der Waals surface area contributed by atoms with Gasteiger partial charge < -0.3 is 10.1 Å². The second-order valence-electron chi connectivity index (χ2n) is 3.68. The molecule has 0 saturated heterocycles. The molecule has 0 aromatic rings. The summed E-state index contributed by atoms with van der Waals surface area (Å²) < 4.78 is 4.58. The van der Waals surface area contributed by atoms with Crippen LogP contribution < -0.4 is 5.32 Å². The lowest BCUT2D eigenvalue weighted by molar-refractivity contribution is -0.140. The summed E-state index contributed by atoms with van der Waals surface area (Å²) in [4.78, 5) is 10.9. The summed E-state index contributed by atoms with van der Waals surface area (Å²) in [5.74, 6) is -0.191. The molecule has 0 radical (unpaired) electrons. The Labute approximate surface area is 96.9 Å². The zero-order chi connectivity index (χ0) is 11.8. The third-order valence-electron chi connectivity index (χ3n) is 2.54. The van der Waals surface area contributed by atoms with Crippen LogP contribution in [0, 0.1) is 0 Å². The lowest BCUT2D eigenvalue weighted by Gasteiger charge is -2.17. The fourth-order valence-electron chi connectivity index (χ4n) is 1.63. The minimum absolute atomic E-state index is 0.126. The van der Waals surface area contributed by atoms with Crippen molar-refractivity contribution in [2.45, 2.75) is 25.3 Å². The first-order valence-corrected chi connectivity index (χ1v) is 5.57. The van der Waals surface area contributed by atoms with Crippen LogP contribution in [0.2, 0.25) is 0 Å². The number of esters is 1. The molecule has 16 heavy (non-hydrogen) atoms. The number of allylic oxidation sites excluding steroid dienone is 2. The minimum Gasteiger partial charge on any atom is -0.469 e. The van der Waals surface area contributed by atoms with Gasteiger partial charge in [0.2, 0.25) is 0 Å². The van der Waals surface area contributed by atoms with Gasteiger partial charge in [-0.1, -0.05) is 24.3 Å². The first-order valence-electron chi connectivity index (χ1n) is 5.57. The van der Waals surface area contributed by atoms with Gasteiger partial charge in [-0.3, -0.25) is 4.79 Å². The molecule has 1 unspecified atom stereocenters. The average Bonchev–Trinajstić information content (AvgIpc) is 2.35. The van der Waals surface area contributed by atoms with Gasteiger partial charge in [-0.25, -0.2) is 0 Å². The number of rotatable bonds is 6. The summed E-state index contributed by atoms with van der Waals surface area (Å²) in [6.45, 7) is 4.41. The fourth-order valence-corrected chi connectivity index (χ4v) is 1.63. The first-order chi connectivity index (χ1) is 7.77. The highest BCUT2D eigenvalue weighted by atomic mass is 16.5. The Morgan fingerprint density at radius 3 is 3.06 bits per heavy atom. The third-order valence-corrected chi connectivity index (χ3v) is 2.54. The molecule has 0 aromatic carbocycles. The molecule has 0 spiro atoms. The van der Waals surface area contributed by atoms with Crippen molar-refractivity contribution in [1.29, 1.82) is 0 Å². The number of nitrogens with one attached hydrogen (secondary N) is 1. The van der Waals surface area contributed by atoms with Crippen molar-refractivity contribution < 1.29 is 9.53 Å². The van der Waals surface area contributed by atoms with Gasteiger partial charge in [0.25, 0.3) is 0 Å². The van der Waals surface area contributed by atoms with Crippen molar-refractivity contribution in [2.24, 2.45) is 0 Å². The molecular weight excluding hydrogens is 202 g/mol. The minimum atomic E-state index is -0.191. The molecule has 1 aliphatic rings. The number of carbonyl (C=O) groups is 1. The number of ether oxygens (including phenoxy) is 1. The molecule has 88 valence electrons. The van der Waals surface area contributed by atoms with Crippen LogP contribution in [0.3, 0.4) is 0 Å². The van der Waals surface area contributed by atoms with Crippen LogP contribution in [-0.4, -0.2) is 25.7 Å². The van der Waals surface area contributed by atoms with Crippen LogP contribution in [0.15, 0.2) is 36.5 Å². The van der Waals surface area contributed by atoms with Crippen molar-refractivity contribution in [2.75, 3.05) is 13.7 Å². The second kappa shape index (κ2) is 7.01.